The Balaban J connectivity index is 0.000000330. The maximum Gasteiger partial charge on any atom is 0.330 e. The van der Waals surface area contributed by atoms with Crippen molar-refractivity contribution in [3.05, 3.63) is 170 Å². The van der Waals surface area contributed by atoms with Gasteiger partial charge in [-0.15, -0.1) is 0 Å². The standard InChI is InChI=1S/2C25H28O6/c2*1-5-23(26)30-17-15-28-21-11-7-19(8-12-21)25(3,4)20-9-13-22(14-10-20)29-16-18-31-24(27)6-2/h2*5-14H,1-2,15-18H2,3-4H3. The summed E-state index contributed by atoms with van der Waals surface area (Å²) >= 11 is 0. The molecular formula is C50H56O12. The van der Waals surface area contributed by atoms with E-state index in [1.165, 1.54) is 0 Å². The molecule has 0 amide bonds. The smallest absolute Gasteiger partial charge is 0.330 e. The van der Waals surface area contributed by atoms with Crippen LogP contribution in [0.4, 0.5) is 0 Å². The molecule has 4 aromatic rings. The fourth-order valence-electron chi connectivity index (χ4n) is 5.65. The summed E-state index contributed by atoms with van der Waals surface area (Å²) in [5, 5.41) is 0. The van der Waals surface area contributed by atoms with E-state index in [4.69, 9.17) is 37.9 Å². The van der Waals surface area contributed by atoms with E-state index in [0.29, 0.717) is 23.0 Å². The van der Waals surface area contributed by atoms with Gasteiger partial charge < -0.3 is 37.9 Å². The van der Waals surface area contributed by atoms with Crippen LogP contribution >= 0.6 is 0 Å². The molecule has 0 spiro atoms. The Kier molecular flexibility index (Phi) is 20.3. The van der Waals surface area contributed by atoms with Crippen molar-refractivity contribution in [2.24, 2.45) is 0 Å². The monoisotopic (exact) mass is 848 g/mol. The van der Waals surface area contributed by atoms with E-state index >= 15 is 0 Å². The summed E-state index contributed by atoms with van der Waals surface area (Å²) in [6.07, 6.45) is 4.49. The molecule has 0 N–H and O–H groups in total. The first-order valence-corrected chi connectivity index (χ1v) is 19.8. The molecule has 0 atom stereocenters. The van der Waals surface area contributed by atoms with E-state index in [9.17, 15) is 19.2 Å². The first-order chi connectivity index (χ1) is 29.7. The van der Waals surface area contributed by atoms with Crippen LogP contribution in [-0.4, -0.2) is 76.7 Å². The number of carbonyl (C=O) groups excluding carboxylic acids is 4. The summed E-state index contributed by atoms with van der Waals surface area (Å²) < 4.78 is 41.9. The Bertz CT molecular complexity index is 1770. The summed E-state index contributed by atoms with van der Waals surface area (Å²) in [6, 6.07) is 31.3. The van der Waals surface area contributed by atoms with Crippen molar-refractivity contribution < 1.29 is 57.1 Å². The van der Waals surface area contributed by atoms with Gasteiger partial charge in [-0.1, -0.05) is 103 Å². The molecule has 0 heterocycles. The molecule has 0 saturated carbocycles. The van der Waals surface area contributed by atoms with Crippen LogP contribution in [0.2, 0.25) is 0 Å². The topological polar surface area (TPSA) is 142 Å². The third-order valence-corrected chi connectivity index (χ3v) is 9.36. The Morgan fingerprint density at radius 3 is 0.694 bits per heavy atom. The van der Waals surface area contributed by atoms with E-state index in [1.807, 2.05) is 97.1 Å². The predicted octanol–water partition coefficient (Wildman–Crippen LogP) is 8.46. The molecule has 0 fully saturated rings. The summed E-state index contributed by atoms with van der Waals surface area (Å²) in [5.41, 5.74) is 4.06. The van der Waals surface area contributed by atoms with Crippen molar-refractivity contribution in [1.29, 1.82) is 0 Å². The van der Waals surface area contributed by atoms with Crippen LogP contribution in [-0.2, 0) is 49.0 Å². The van der Waals surface area contributed by atoms with Gasteiger partial charge >= 0.3 is 23.9 Å². The number of rotatable bonds is 24. The van der Waals surface area contributed by atoms with Crippen LogP contribution in [0.15, 0.2) is 148 Å². The molecular weight excluding hydrogens is 793 g/mol. The summed E-state index contributed by atoms with van der Waals surface area (Å²) in [4.78, 5) is 44.0. The van der Waals surface area contributed by atoms with Crippen molar-refractivity contribution in [3.8, 4) is 23.0 Å². The van der Waals surface area contributed by atoms with Gasteiger partial charge in [0.1, 0.15) is 75.9 Å². The van der Waals surface area contributed by atoms with Crippen LogP contribution in [0.3, 0.4) is 0 Å². The number of ether oxygens (including phenoxy) is 8. The molecule has 4 aromatic carbocycles. The van der Waals surface area contributed by atoms with E-state index < -0.39 is 23.9 Å². The number of carbonyl (C=O) groups is 4. The molecule has 0 aliphatic heterocycles. The number of benzene rings is 4. The average Bonchev–Trinajstić information content (AvgIpc) is 3.29. The van der Waals surface area contributed by atoms with Crippen LogP contribution in [0.25, 0.3) is 0 Å². The van der Waals surface area contributed by atoms with Crippen LogP contribution in [0, 0.1) is 0 Å². The van der Waals surface area contributed by atoms with E-state index in [-0.39, 0.29) is 63.7 Å². The molecule has 0 aliphatic carbocycles. The van der Waals surface area contributed by atoms with Gasteiger partial charge in [-0.25, -0.2) is 19.2 Å². The molecule has 0 aromatic heterocycles. The molecule has 12 nitrogen and oxygen atoms in total. The Labute approximate surface area is 364 Å². The van der Waals surface area contributed by atoms with Gasteiger partial charge in [0.15, 0.2) is 0 Å². The molecule has 62 heavy (non-hydrogen) atoms. The fourth-order valence-corrected chi connectivity index (χ4v) is 5.65. The minimum absolute atomic E-state index is 0.170. The second-order valence-electron chi connectivity index (χ2n) is 14.2. The van der Waals surface area contributed by atoms with Gasteiger partial charge in [-0.3, -0.25) is 0 Å². The molecule has 4 rings (SSSR count). The van der Waals surface area contributed by atoms with Gasteiger partial charge in [-0.05, 0) is 70.8 Å². The van der Waals surface area contributed by atoms with Crippen molar-refractivity contribution in [2.45, 2.75) is 38.5 Å². The minimum atomic E-state index is -0.465. The molecule has 0 saturated heterocycles. The Hall–Kier alpha value is -7.08. The van der Waals surface area contributed by atoms with Crippen LogP contribution in [0.1, 0.15) is 49.9 Å². The molecule has 0 aliphatic rings. The highest BCUT2D eigenvalue weighted by Crippen LogP contribution is 2.34. The highest BCUT2D eigenvalue weighted by atomic mass is 16.6. The van der Waals surface area contributed by atoms with Crippen molar-refractivity contribution in [3.63, 3.8) is 0 Å². The van der Waals surface area contributed by atoms with Gasteiger partial charge in [0.2, 0.25) is 0 Å². The third kappa shape index (κ3) is 16.5. The molecule has 0 unspecified atom stereocenters. The lowest BCUT2D eigenvalue weighted by molar-refractivity contribution is -0.139. The summed E-state index contributed by atoms with van der Waals surface area (Å²) in [7, 11) is 0. The van der Waals surface area contributed by atoms with Gasteiger partial charge in [0, 0.05) is 35.1 Å². The normalized spacial score (nSPS) is 10.6. The van der Waals surface area contributed by atoms with Gasteiger partial charge in [0.05, 0.1) is 0 Å². The number of esters is 4. The molecule has 0 bridgehead atoms. The first kappa shape index (κ1) is 49.3. The largest absolute Gasteiger partial charge is 0.490 e. The lowest BCUT2D eigenvalue weighted by Gasteiger charge is -2.26. The van der Waals surface area contributed by atoms with Crippen LogP contribution in [0.5, 0.6) is 23.0 Å². The minimum Gasteiger partial charge on any atom is -0.490 e. The quantitative estimate of drug-likeness (QED) is 0.0289. The number of hydrogen-bond acceptors (Lipinski definition) is 12. The lowest BCUT2D eigenvalue weighted by Crippen LogP contribution is -2.19. The number of hydrogen-bond donors (Lipinski definition) is 0. The summed E-state index contributed by atoms with van der Waals surface area (Å²) in [6.45, 7) is 23.7. The third-order valence-electron chi connectivity index (χ3n) is 9.36. The molecule has 0 radical (unpaired) electrons. The molecule has 12 heteroatoms. The van der Waals surface area contributed by atoms with Crippen molar-refractivity contribution >= 4 is 23.9 Å². The Morgan fingerprint density at radius 1 is 0.355 bits per heavy atom. The zero-order valence-electron chi connectivity index (χ0n) is 35.9. The zero-order valence-corrected chi connectivity index (χ0v) is 35.9. The van der Waals surface area contributed by atoms with E-state index in [1.54, 1.807) is 0 Å². The second kappa shape index (κ2) is 25.5. The lowest BCUT2D eigenvalue weighted by atomic mass is 9.78. The Morgan fingerprint density at radius 2 is 0.532 bits per heavy atom. The average molecular weight is 849 g/mol. The SMILES string of the molecule is C=CC(=O)OCCOc1ccc(C(C)(C)c2ccc(OCCOC(=O)C=C)cc2)cc1.C=CC(=O)OCCOc1ccc(C(C)(C)c2ccc(OCCOC(=O)C=C)cc2)cc1. The highest BCUT2D eigenvalue weighted by Gasteiger charge is 2.24. The predicted molar refractivity (Wildman–Crippen MR) is 237 cm³/mol. The first-order valence-electron chi connectivity index (χ1n) is 19.8. The van der Waals surface area contributed by atoms with Gasteiger partial charge in [0.25, 0.3) is 0 Å². The fraction of sp³-hybridized carbons (Fsp3) is 0.280. The van der Waals surface area contributed by atoms with Crippen LogP contribution < -0.4 is 18.9 Å². The second-order valence-corrected chi connectivity index (χ2v) is 14.2. The zero-order chi connectivity index (χ0) is 45.4. The maximum atomic E-state index is 11.0. The van der Waals surface area contributed by atoms with E-state index in [2.05, 4.69) is 54.0 Å². The van der Waals surface area contributed by atoms with Crippen molar-refractivity contribution in [1.82, 2.24) is 0 Å². The van der Waals surface area contributed by atoms with Gasteiger partial charge in [-0.2, -0.15) is 0 Å². The maximum absolute atomic E-state index is 11.0. The highest BCUT2D eigenvalue weighted by molar-refractivity contribution is 5.82. The molecule has 328 valence electrons. The van der Waals surface area contributed by atoms with E-state index in [0.717, 1.165) is 46.6 Å². The van der Waals surface area contributed by atoms with Crippen molar-refractivity contribution in [2.75, 3.05) is 52.9 Å². The summed E-state index contributed by atoms with van der Waals surface area (Å²) in [5.74, 6) is 0.957.